The van der Waals surface area contributed by atoms with E-state index in [1.807, 2.05) is 41.1 Å². The maximum Gasteiger partial charge on any atom is 0.241 e. The fraction of sp³-hybridized carbons (Fsp3) is 0.227. The van der Waals surface area contributed by atoms with E-state index in [4.69, 9.17) is 14.6 Å². The minimum atomic E-state index is 0.425. The first-order valence-corrected chi connectivity index (χ1v) is 8.85. The van der Waals surface area contributed by atoms with Gasteiger partial charge < -0.3 is 9.47 Å². The molecule has 0 fully saturated rings. The zero-order chi connectivity index (χ0) is 18.1. The van der Waals surface area contributed by atoms with Crippen molar-refractivity contribution < 1.29 is 9.47 Å². The zero-order valence-corrected chi connectivity index (χ0v) is 15.3. The van der Waals surface area contributed by atoms with Crippen molar-refractivity contribution in [1.82, 2.24) is 9.78 Å². The van der Waals surface area contributed by atoms with Crippen molar-refractivity contribution in [2.24, 2.45) is 5.92 Å². The first-order chi connectivity index (χ1) is 12.7. The summed E-state index contributed by atoms with van der Waals surface area (Å²) in [5, 5.41) is 7.92. The monoisotopic (exact) mass is 346 g/mol. The number of rotatable bonds is 5. The lowest BCUT2D eigenvalue weighted by molar-refractivity contribution is 0.262. The van der Waals surface area contributed by atoms with Crippen LogP contribution in [0.25, 0.3) is 27.4 Å². The lowest BCUT2D eigenvalue weighted by Crippen LogP contribution is -2.05. The van der Waals surface area contributed by atoms with E-state index in [2.05, 4.69) is 38.1 Å². The van der Waals surface area contributed by atoms with Crippen LogP contribution >= 0.6 is 0 Å². The van der Waals surface area contributed by atoms with Gasteiger partial charge in [0, 0.05) is 10.8 Å². The fourth-order valence-electron chi connectivity index (χ4n) is 3.19. The van der Waals surface area contributed by atoms with Crippen molar-refractivity contribution in [2.45, 2.75) is 13.8 Å². The van der Waals surface area contributed by atoms with Crippen LogP contribution in [-0.2, 0) is 0 Å². The van der Waals surface area contributed by atoms with Gasteiger partial charge >= 0.3 is 0 Å². The van der Waals surface area contributed by atoms with Crippen LogP contribution in [0.3, 0.4) is 0 Å². The van der Waals surface area contributed by atoms with Gasteiger partial charge in [0.2, 0.25) is 5.88 Å². The highest BCUT2D eigenvalue weighted by molar-refractivity contribution is 6.10. The number of fused-ring (bicyclic) bond motifs is 3. The van der Waals surface area contributed by atoms with Gasteiger partial charge in [-0.3, -0.25) is 0 Å². The summed E-state index contributed by atoms with van der Waals surface area (Å²) < 4.78 is 13.6. The first-order valence-electron chi connectivity index (χ1n) is 8.85. The average molecular weight is 346 g/mol. The highest BCUT2D eigenvalue weighted by Crippen LogP contribution is 2.38. The molecular formula is C22H22N2O2. The van der Waals surface area contributed by atoms with E-state index in [0.29, 0.717) is 18.4 Å². The fourth-order valence-corrected chi connectivity index (χ4v) is 3.19. The van der Waals surface area contributed by atoms with E-state index in [1.54, 1.807) is 7.11 Å². The second kappa shape index (κ2) is 6.71. The Bertz CT molecular complexity index is 1050. The molecule has 0 amide bonds. The van der Waals surface area contributed by atoms with Crippen molar-refractivity contribution in [3.05, 3.63) is 60.7 Å². The van der Waals surface area contributed by atoms with Gasteiger partial charge in [0.05, 0.1) is 30.3 Å². The van der Waals surface area contributed by atoms with E-state index in [0.717, 1.165) is 33.1 Å². The summed E-state index contributed by atoms with van der Waals surface area (Å²) >= 11 is 0. The maximum atomic E-state index is 6.04. The Morgan fingerprint density at radius 1 is 0.923 bits per heavy atom. The second-order valence-electron chi connectivity index (χ2n) is 6.78. The number of hydrogen-bond acceptors (Lipinski definition) is 3. The van der Waals surface area contributed by atoms with Crippen molar-refractivity contribution >= 4 is 21.7 Å². The minimum Gasteiger partial charge on any atom is -0.496 e. The Morgan fingerprint density at radius 3 is 2.31 bits per heavy atom. The van der Waals surface area contributed by atoms with Crippen LogP contribution in [0.15, 0.2) is 60.7 Å². The van der Waals surface area contributed by atoms with Crippen LogP contribution in [0.4, 0.5) is 0 Å². The summed E-state index contributed by atoms with van der Waals surface area (Å²) in [7, 11) is 1.70. The molecule has 0 spiro atoms. The molecule has 0 saturated carbocycles. The largest absolute Gasteiger partial charge is 0.496 e. The SMILES string of the molecule is COc1cc2c(OCC(C)C)nn(-c3ccccc3)c2c2ccccc12. The third kappa shape index (κ3) is 2.77. The molecule has 1 heterocycles. The molecule has 1 aromatic heterocycles. The third-order valence-electron chi connectivity index (χ3n) is 4.39. The molecule has 4 rings (SSSR count). The first kappa shape index (κ1) is 16.5. The Labute approximate surface area is 153 Å². The molecule has 4 aromatic rings. The smallest absolute Gasteiger partial charge is 0.241 e. The van der Waals surface area contributed by atoms with Crippen LogP contribution in [0.2, 0.25) is 0 Å². The van der Waals surface area contributed by atoms with Crippen LogP contribution < -0.4 is 9.47 Å². The van der Waals surface area contributed by atoms with Gasteiger partial charge in [-0.15, -0.1) is 5.10 Å². The third-order valence-corrected chi connectivity index (χ3v) is 4.39. The van der Waals surface area contributed by atoms with E-state index < -0.39 is 0 Å². The molecule has 3 aromatic carbocycles. The predicted molar refractivity (Wildman–Crippen MR) is 105 cm³/mol. The molecule has 0 saturated heterocycles. The molecule has 0 aliphatic heterocycles. The molecule has 0 atom stereocenters. The summed E-state index contributed by atoms with van der Waals surface area (Å²) in [6.07, 6.45) is 0. The predicted octanol–water partition coefficient (Wildman–Crippen LogP) is 5.22. The number of aromatic nitrogens is 2. The van der Waals surface area contributed by atoms with Crippen LogP contribution in [0.1, 0.15) is 13.8 Å². The number of para-hydroxylation sites is 1. The molecule has 26 heavy (non-hydrogen) atoms. The van der Waals surface area contributed by atoms with Crippen molar-refractivity contribution in [2.75, 3.05) is 13.7 Å². The molecule has 0 N–H and O–H groups in total. The lowest BCUT2D eigenvalue weighted by Gasteiger charge is -2.09. The average Bonchev–Trinajstić information content (AvgIpc) is 3.05. The molecule has 4 nitrogen and oxygen atoms in total. The highest BCUT2D eigenvalue weighted by Gasteiger charge is 2.18. The van der Waals surface area contributed by atoms with E-state index >= 15 is 0 Å². The molecule has 0 bridgehead atoms. The van der Waals surface area contributed by atoms with Crippen molar-refractivity contribution in [3.63, 3.8) is 0 Å². The van der Waals surface area contributed by atoms with Gasteiger partial charge in [-0.25, -0.2) is 4.68 Å². The normalized spacial score (nSPS) is 11.4. The molecule has 0 radical (unpaired) electrons. The summed E-state index contributed by atoms with van der Waals surface area (Å²) in [5.41, 5.74) is 2.04. The Balaban J connectivity index is 2.05. The van der Waals surface area contributed by atoms with Gasteiger partial charge in [-0.2, -0.15) is 0 Å². The summed E-state index contributed by atoms with van der Waals surface area (Å²) in [4.78, 5) is 0. The molecule has 132 valence electrons. The molecule has 0 unspecified atom stereocenters. The molecule has 0 aliphatic carbocycles. The van der Waals surface area contributed by atoms with E-state index in [9.17, 15) is 0 Å². The molecular weight excluding hydrogens is 324 g/mol. The van der Waals surface area contributed by atoms with Gasteiger partial charge in [0.1, 0.15) is 5.75 Å². The topological polar surface area (TPSA) is 36.3 Å². The number of benzene rings is 3. The summed E-state index contributed by atoms with van der Waals surface area (Å²) in [6.45, 7) is 4.88. The van der Waals surface area contributed by atoms with Crippen LogP contribution in [0, 0.1) is 5.92 Å². The summed E-state index contributed by atoms with van der Waals surface area (Å²) in [5.74, 6) is 1.89. The van der Waals surface area contributed by atoms with Crippen LogP contribution in [-0.4, -0.2) is 23.5 Å². The molecule has 4 heteroatoms. The van der Waals surface area contributed by atoms with Crippen molar-refractivity contribution in [3.8, 4) is 17.3 Å². The van der Waals surface area contributed by atoms with Gasteiger partial charge in [-0.05, 0) is 24.1 Å². The van der Waals surface area contributed by atoms with E-state index in [1.165, 1.54) is 0 Å². The standard InChI is InChI=1S/C22H22N2O2/c1-15(2)14-26-22-19-13-20(25-3)17-11-7-8-12-18(17)21(19)24(23-22)16-9-5-4-6-10-16/h4-13,15H,14H2,1-3H3. The Morgan fingerprint density at radius 2 is 1.62 bits per heavy atom. The Kier molecular flexibility index (Phi) is 4.25. The summed E-state index contributed by atoms with van der Waals surface area (Å²) in [6, 6.07) is 20.4. The van der Waals surface area contributed by atoms with Gasteiger partial charge in [0.15, 0.2) is 0 Å². The van der Waals surface area contributed by atoms with Gasteiger partial charge in [-0.1, -0.05) is 56.3 Å². The lowest BCUT2D eigenvalue weighted by atomic mass is 10.1. The second-order valence-corrected chi connectivity index (χ2v) is 6.78. The number of methoxy groups -OCH3 is 1. The zero-order valence-electron chi connectivity index (χ0n) is 15.3. The molecule has 0 aliphatic rings. The minimum absolute atomic E-state index is 0.425. The number of nitrogens with zero attached hydrogens (tertiary/aromatic N) is 2. The number of hydrogen-bond donors (Lipinski definition) is 0. The van der Waals surface area contributed by atoms with Gasteiger partial charge in [0.25, 0.3) is 0 Å². The van der Waals surface area contributed by atoms with Crippen LogP contribution in [0.5, 0.6) is 11.6 Å². The van der Waals surface area contributed by atoms with E-state index in [-0.39, 0.29) is 0 Å². The highest BCUT2D eigenvalue weighted by atomic mass is 16.5. The number of ether oxygens (including phenoxy) is 2. The Hall–Kier alpha value is -3.01. The quantitative estimate of drug-likeness (QED) is 0.497. The van der Waals surface area contributed by atoms with Crippen molar-refractivity contribution in [1.29, 1.82) is 0 Å². The maximum absolute atomic E-state index is 6.04.